The number of carbonyl (C=O) groups is 1. The van der Waals surface area contributed by atoms with E-state index in [1.165, 1.54) is 23.5 Å². The molecule has 10 nitrogen and oxygen atoms in total. The van der Waals surface area contributed by atoms with Gasteiger partial charge in [-0.3, -0.25) is 19.5 Å². The fourth-order valence-corrected chi connectivity index (χ4v) is 7.53. The topological polar surface area (TPSA) is 118 Å². The fraction of sp³-hybridized carbons (Fsp3) is 0.119. The van der Waals surface area contributed by atoms with Gasteiger partial charge in [-0.05, 0) is 66.9 Å². The van der Waals surface area contributed by atoms with Crippen molar-refractivity contribution in [2.24, 2.45) is 4.99 Å². The predicted molar refractivity (Wildman–Crippen MR) is 206 cm³/mol. The van der Waals surface area contributed by atoms with Crippen LogP contribution in [-0.2, 0) is 9.53 Å². The monoisotopic (exact) mass is 722 g/mol. The van der Waals surface area contributed by atoms with Crippen LogP contribution >= 0.6 is 11.3 Å². The van der Waals surface area contributed by atoms with E-state index in [0.29, 0.717) is 38.6 Å². The number of aromatic nitrogens is 2. The molecule has 4 aromatic carbocycles. The van der Waals surface area contributed by atoms with Crippen LogP contribution in [0.15, 0.2) is 149 Å². The molecule has 1 aliphatic rings. The molecule has 3 heterocycles. The van der Waals surface area contributed by atoms with E-state index in [0.717, 1.165) is 28.1 Å². The van der Waals surface area contributed by atoms with Crippen LogP contribution in [-0.4, -0.2) is 33.2 Å². The summed E-state index contributed by atoms with van der Waals surface area (Å²) in [5.41, 5.74) is 5.99. The molecule has 0 fully saturated rings. The molecule has 53 heavy (non-hydrogen) atoms. The van der Waals surface area contributed by atoms with Gasteiger partial charge < -0.3 is 14.0 Å². The summed E-state index contributed by atoms with van der Waals surface area (Å²) in [5, 5.41) is 11.5. The molecular weight excluding hydrogens is 689 g/mol. The van der Waals surface area contributed by atoms with Gasteiger partial charge >= 0.3 is 5.97 Å². The minimum absolute atomic E-state index is 0.0178. The Balaban J connectivity index is 1.47. The van der Waals surface area contributed by atoms with Gasteiger partial charge in [0.1, 0.15) is 12.4 Å². The Kier molecular flexibility index (Phi) is 9.82. The molecule has 2 aromatic heterocycles. The van der Waals surface area contributed by atoms with Crippen molar-refractivity contribution in [1.29, 1.82) is 0 Å². The normalized spacial score (nSPS) is 14.0. The molecule has 11 heteroatoms. The fourth-order valence-electron chi connectivity index (χ4n) is 6.49. The highest BCUT2D eigenvalue weighted by molar-refractivity contribution is 7.07. The Morgan fingerprint density at radius 1 is 0.962 bits per heavy atom. The van der Waals surface area contributed by atoms with Crippen molar-refractivity contribution < 1.29 is 19.2 Å². The maximum Gasteiger partial charge on any atom is 0.338 e. The number of carbonyl (C=O) groups excluding carboxylic acids is 1. The number of rotatable bonds is 11. The summed E-state index contributed by atoms with van der Waals surface area (Å²) in [7, 11) is 0. The summed E-state index contributed by atoms with van der Waals surface area (Å²) in [5.74, 6) is 0.0821. The molecule has 0 spiro atoms. The molecular formula is C42H34N4O6S. The molecule has 264 valence electrons. The Morgan fingerprint density at radius 3 is 2.25 bits per heavy atom. The van der Waals surface area contributed by atoms with Crippen LogP contribution in [0.3, 0.4) is 0 Å². The summed E-state index contributed by atoms with van der Waals surface area (Å²) >= 11 is 1.24. The van der Waals surface area contributed by atoms with Crippen LogP contribution in [0.25, 0.3) is 34.3 Å². The van der Waals surface area contributed by atoms with E-state index in [9.17, 15) is 19.7 Å². The first-order chi connectivity index (χ1) is 25.8. The van der Waals surface area contributed by atoms with Crippen LogP contribution < -0.4 is 19.6 Å². The van der Waals surface area contributed by atoms with Crippen LogP contribution in [0.4, 0.5) is 5.69 Å². The molecule has 6 aromatic rings. The van der Waals surface area contributed by atoms with Crippen LogP contribution in [0.5, 0.6) is 5.75 Å². The molecule has 1 atom stereocenters. The van der Waals surface area contributed by atoms with Crippen LogP contribution in [0, 0.1) is 10.1 Å². The first kappa shape index (κ1) is 34.8. The number of esters is 1. The molecule has 0 saturated carbocycles. The molecule has 0 bridgehead atoms. The lowest BCUT2D eigenvalue weighted by atomic mass is 9.96. The van der Waals surface area contributed by atoms with Gasteiger partial charge in [-0.1, -0.05) is 96.8 Å². The second-order valence-electron chi connectivity index (χ2n) is 12.1. The van der Waals surface area contributed by atoms with Gasteiger partial charge in [0.15, 0.2) is 4.80 Å². The number of thiazole rings is 1. The van der Waals surface area contributed by atoms with Crippen molar-refractivity contribution in [3.63, 3.8) is 0 Å². The second-order valence-corrected chi connectivity index (χ2v) is 13.2. The Morgan fingerprint density at radius 2 is 1.62 bits per heavy atom. The molecule has 0 amide bonds. The lowest BCUT2D eigenvalue weighted by molar-refractivity contribution is -0.384. The quantitative estimate of drug-likeness (QED) is 0.0596. The molecule has 0 aliphatic carbocycles. The Bertz CT molecular complexity index is 2550. The summed E-state index contributed by atoms with van der Waals surface area (Å²) in [6.45, 7) is 7.69. The Labute approximate surface area is 308 Å². The smallest absolute Gasteiger partial charge is 0.338 e. The number of fused-ring (bicyclic) bond motifs is 1. The van der Waals surface area contributed by atoms with Crippen molar-refractivity contribution >= 4 is 29.1 Å². The van der Waals surface area contributed by atoms with Crippen molar-refractivity contribution in [2.45, 2.75) is 19.9 Å². The number of hydrogen-bond acceptors (Lipinski definition) is 8. The highest BCUT2D eigenvalue weighted by Crippen LogP contribution is 2.37. The minimum Gasteiger partial charge on any atom is -0.490 e. The molecule has 0 N–H and O–H groups in total. The van der Waals surface area contributed by atoms with Gasteiger partial charge in [0.25, 0.3) is 11.2 Å². The number of nitrogens with zero attached hydrogens (tertiary/aromatic N) is 4. The highest BCUT2D eigenvalue weighted by Gasteiger charge is 2.33. The number of nitro benzene ring substituents is 1. The number of ether oxygens (including phenoxy) is 2. The lowest BCUT2D eigenvalue weighted by Gasteiger charge is -2.24. The van der Waals surface area contributed by atoms with E-state index in [-0.39, 0.29) is 23.4 Å². The van der Waals surface area contributed by atoms with E-state index in [1.54, 1.807) is 48.8 Å². The van der Waals surface area contributed by atoms with Crippen molar-refractivity contribution in [1.82, 2.24) is 9.13 Å². The predicted octanol–water partition coefficient (Wildman–Crippen LogP) is 7.40. The van der Waals surface area contributed by atoms with Crippen LogP contribution in [0.2, 0.25) is 0 Å². The van der Waals surface area contributed by atoms with Crippen molar-refractivity contribution in [3.05, 3.63) is 180 Å². The summed E-state index contributed by atoms with van der Waals surface area (Å²) in [6, 6.07) is 34.5. The van der Waals surface area contributed by atoms with E-state index < -0.39 is 16.9 Å². The van der Waals surface area contributed by atoms with E-state index in [2.05, 4.69) is 11.1 Å². The van der Waals surface area contributed by atoms with Gasteiger partial charge in [0.05, 0.1) is 44.8 Å². The van der Waals surface area contributed by atoms with E-state index in [4.69, 9.17) is 14.5 Å². The first-order valence-corrected chi connectivity index (χ1v) is 17.8. The molecule has 0 radical (unpaired) electrons. The molecule has 0 saturated heterocycles. The van der Waals surface area contributed by atoms with Crippen molar-refractivity contribution in [3.8, 4) is 34.0 Å². The summed E-state index contributed by atoms with van der Waals surface area (Å²) in [6.07, 6.45) is 3.51. The van der Waals surface area contributed by atoms with E-state index >= 15 is 0 Å². The lowest BCUT2D eigenvalue weighted by Crippen LogP contribution is -2.39. The number of nitro groups is 1. The number of hydrogen-bond donors (Lipinski definition) is 0. The van der Waals surface area contributed by atoms with Gasteiger partial charge in [-0.25, -0.2) is 9.79 Å². The highest BCUT2D eigenvalue weighted by atomic mass is 32.1. The third kappa shape index (κ3) is 6.77. The van der Waals surface area contributed by atoms with E-state index in [1.807, 2.05) is 84.9 Å². The maximum absolute atomic E-state index is 14.6. The standard InChI is InChI=1S/C42H34N4O6S/c1-4-24-52-34-22-16-30(17-23-34)39-37(41(48)51-5-2)27(3)43-42-45(39)40(47)36(53-42)26-31-25-35(28-12-8-6-9-13-28)44(38(31)29-14-10-7-11-15-29)32-18-20-33(21-19-32)46(49)50/h4,6-23,25-26,39H,1,5,24H2,2-3H3/b36-26-/t39-/m1/s1. The third-order valence-electron chi connectivity index (χ3n) is 8.83. The van der Waals surface area contributed by atoms with Gasteiger partial charge in [0, 0.05) is 23.4 Å². The second kappa shape index (κ2) is 14.9. The minimum atomic E-state index is -0.793. The number of allylic oxidation sites excluding steroid dienone is 1. The summed E-state index contributed by atoms with van der Waals surface area (Å²) in [4.78, 5) is 44.4. The first-order valence-electron chi connectivity index (χ1n) is 16.9. The number of non-ortho nitro benzene ring substituents is 1. The zero-order chi connectivity index (χ0) is 37.1. The number of benzene rings is 4. The van der Waals surface area contributed by atoms with Gasteiger partial charge in [0.2, 0.25) is 0 Å². The maximum atomic E-state index is 14.6. The Hall–Kier alpha value is -6.59. The zero-order valence-corrected chi connectivity index (χ0v) is 29.8. The average molecular weight is 723 g/mol. The zero-order valence-electron chi connectivity index (χ0n) is 29.0. The SMILES string of the molecule is C=CCOc1ccc([C@@H]2C(C(=O)OCC)=C(C)N=c3s/c(=C\c4cc(-c5ccccc5)n(-c5ccc([N+](=O)[O-])cc5)c4-c4ccccc4)c(=O)n32)cc1. The van der Waals surface area contributed by atoms with Gasteiger partial charge in [-0.15, -0.1) is 0 Å². The molecule has 7 rings (SSSR count). The summed E-state index contributed by atoms with van der Waals surface area (Å²) < 4.78 is 15.2. The average Bonchev–Trinajstić information content (AvgIpc) is 3.71. The molecule has 0 unspecified atom stereocenters. The van der Waals surface area contributed by atoms with Crippen LogP contribution in [0.1, 0.15) is 31.0 Å². The third-order valence-corrected chi connectivity index (χ3v) is 9.82. The van der Waals surface area contributed by atoms with Gasteiger partial charge in [-0.2, -0.15) is 0 Å². The van der Waals surface area contributed by atoms with Crippen molar-refractivity contribution in [2.75, 3.05) is 13.2 Å². The largest absolute Gasteiger partial charge is 0.490 e. The molecule has 1 aliphatic heterocycles.